The van der Waals surface area contributed by atoms with Gasteiger partial charge in [0.05, 0.1) is 21.1 Å². The first kappa shape index (κ1) is 21.5. The number of hydrogen-bond donors (Lipinski definition) is 0. The number of imidazole rings is 1. The molecule has 0 saturated carbocycles. The van der Waals surface area contributed by atoms with Crippen LogP contribution in [0.15, 0.2) is 108 Å². The van der Waals surface area contributed by atoms with Crippen LogP contribution in [-0.2, 0) is 0 Å². The van der Waals surface area contributed by atoms with Crippen molar-refractivity contribution in [2.75, 3.05) is 0 Å². The summed E-state index contributed by atoms with van der Waals surface area (Å²) in [5, 5.41) is 6.91. The van der Waals surface area contributed by atoms with Crippen LogP contribution < -0.4 is 0 Å². The van der Waals surface area contributed by atoms with Gasteiger partial charge in [0.15, 0.2) is 0 Å². The molecule has 0 bridgehead atoms. The van der Waals surface area contributed by atoms with Crippen molar-refractivity contribution in [1.29, 1.82) is 0 Å². The Balaban J connectivity index is 1.39. The molecule has 0 spiro atoms. The van der Waals surface area contributed by atoms with Crippen molar-refractivity contribution in [2.24, 2.45) is 0 Å². The van der Waals surface area contributed by atoms with Crippen LogP contribution in [0.4, 0.5) is 0 Å². The van der Waals surface area contributed by atoms with Gasteiger partial charge in [-0.3, -0.25) is 4.40 Å². The lowest BCUT2D eigenvalue weighted by atomic mass is 10.0. The normalized spacial score (nSPS) is 12.0. The van der Waals surface area contributed by atoms with Gasteiger partial charge < -0.3 is 8.98 Å². The topological polar surface area (TPSA) is 35.4 Å². The maximum Gasteiger partial charge on any atom is 0.214 e. The number of hydrogen-bond acceptors (Lipinski definition) is 3. The average molecular weight is 510 g/mol. The van der Waals surface area contributed by atoms with Crippen LogP contribution >= 0.6 is 11.3 Å². The van der Waals surface area contributed by atoms with E-state index < -0.39 is 0 Å². The van der Waals surface area contributed by atoms with Crippen molar-refractivity contribution < 1.29 is 4.42 Å². The zero-order valence-corrected chi connectivity index (χ0v) is 21.6. The van der Waals surface area contributed by atoms with Gasteiger partial charge in [0.1, 0.15) is 11.4 Å². The Bertz CT molecular complexity index is 2190. The number of para-hydroxylation sites is 2. The van der Waals surface area contributed by atoms with Gasteiger partial charge in [-0.2, -0.15) is 0 Å². The maximum atomic E-state index is 6.58. The molecule has 0 amide bonds. The monoisotopic (exact) mass is 509 g/mol. The molecule has 0 aliphatic heterocycles. The van der Waals surface area contributed by atoms with E-state index in [0.29, 0.717) is 0 Å². The minimum atomic E-state index is 0.822. The van der Waals surface area contributed by atoms with Gasteiger partial charge in [0.25, 0.3) is 0 Å². The fraction of sp³-hybridized carbons (Fsp3) is 0.0606. The van der Waals surface area contributed by atoms with E-state index in [0.717, 1.165) is 51.1 Å². The number of pyridine rings is 1. The molecule has 0 unspecified atom stereocenters. The molecule has 0 N–H and O–H groups in total. The van der Waals surface area contributed by atoms with Crippen molar-refractivity contribution in [2.45, 2.75) is 13.3 Å². The van der Waals surface area contributed by atoms with E-state index in [1.807, 2.05) is 12.4 Å². The summed E-state index contributed by atoms with van der Waals surface area (Å²) in [6.07, 6.45) is 4.73. The highest BCUT2D eigenvalue weighted by molar-refractivity contribution is 7.18. The first-order chi connectivity index (χ1) is 18.7. The summed E-state index contributed by atoms with van der Waals surface area (Å²) in [5.41, 5.74) is 8.64. The van der Waals surface area contributed by atoms with Crippen molar-refractivity contribution in [3.63, 3.8) is 0 Å². The summed E-state index contributed by atoms with van der Waals surface area (Å²) >= 11 is 1.74. The predicted molar refractivity (Wildman–Crippen MR) is 159 cm³/mol. The fourth-order valence-corrected chi connectivity index (χ4v) is 6.84. The van der Waals surface area contributed by atoms with E-state index in [4.69, 9.17) is 9.40 Å². The second kappa shape index (κ2) is 7.94. The average Bonchev–Trinajstić information content (AvgIpc) is 3.75. The zero-order chi connectivity index (χ0) is 25.4. The summed E-state index contributed by atoms with van der Waals surface area (Å²) in [5.74, 6) is 0.852. The highest BCUT2D eigenvalue weighted by atomic mass is 32.1. The van der Waals surface area contributed by atoms with Gasteiger partial charge >= 0.3 is 0 Å². The molecule has 182 valence electrons. The number of fused-ring (bicyclic) bond motifs is 9. The van der Waals surface area contributed by atoms with E-state index in [-0.39, 0.29) is 0 Å². The lowest BCUT2D eigenvalue weighted by Gasteiger charge is -2.07. The lowest BCUT2D eigenvalue weighted by Crippen LogP contribution is -1.92. The quantitative estimate of drug-likeness (QED) is 0.237. The van der Waals surface area contributed by atoms with Crippen molar-refractivity contribution in [3.05, 3.63) is 109 Å². The maximum absolute atomic E-state index is 6.58. The molecule has 5 aromatic heterocycles. The molecule has 38 heavy (non-hydrogen) atoms. The van der Waals surface area contributed by atoms with Crippen molar-refractivity contribution >= 4 is 65.5 Å². The van der Waals surface area contributed by atoms with Gasteiger partial charge in [-0.15, -0.1) is 11.3 Å². The van der Waals surface area contributed by atoms with Crippen LogP contribution in [0.5, 0.6) is 0 Å². The Hall–Kier alpha value is -4.61. The highest BCUT2D eigenvalue weighted by Crippen LogP contribution is 2.42. The minimum Gasteiger partial charge on any atom is -0.439 e. The van der Waals surface area contributed by atoms with Crippen LogP contribution in [0.2, 0.25) is 0 Å². The molecular weight excluding hydrogens is 486 g/mol. The summed E-state index contributed by atoms with van der Waals surface area (Å²) in [6.45, 7) is 6.46. The molecule has 0 fully saturated rings. The number of furan rings is 1. The Labute approximate surface area is 222 Å². The summed E-state index contributed by atoms with van der Waals surface area (Å²) in [7, 11) is 0. The third-order valence-corrected chi connectivity index (χ3v) is 8.62. The predicted octanol–water partition coefficient (Wildman–Crippen LogP) is 9.48. The molecular formula is C33H23N3OS. The molecule has 0 saturated heterocycles. The number of allylic oxidation sites excluding steroid dienone is 1. The van der Waals surface area contributed by atoms with Crippen LogP contribution in [0.1, 0.15) is 18.9 Å². The molecule has 0 radical (unpaired) electrons. The van der Waals surface area contributed by atoms with E-state index in [2.05, 4.69) is 107 Å². The molecule has 0 aliphatic rings. The number of aromatic nitrogens is 3. The standard InChI is InChI=1S/C33H23N3OS/c1-3-20(2)26-19-38-31-25-18-29(37-33(25)35-16-15-34-32(35)30(26)31)21-13-14-28-24(17-21)23-11-7-8-12-27(23)36(28)22-9-5-4-6-10-22/h4-19H,2-3H2,1H3. The largest absolute Gasteiger partial charge is 0.439 e. The third kappa shape index (κ3) is 2.88. The van der Waals surface area contributed by atoms with E-state index in [9.17, 15) is 0 Å². The van der Waals surface area contributed by atoms with Crippen LogP contribution in [-0.4, -0.2) is 14.0 Å². The highest BCUT2D eigenvalue weighted by Gasteiger charge is 2.20. The summed E-state index contributed by atoms with van der Waals surface area (Å²) in [4.78, 5) is 4.70. The van der Waals surface area contributed by atoms with Gasteiger partial charge in [0.2, 0.25) is 5.71 Å². The first-order valence-electron chi connectivity index (χ1n) is 12.8. The molecule has 0 aliphatic carbocycles. The Morgan fingerprint density at radius 1 is 0.921 bits per heavy atom. The number of nitrogens with zero attached hydrogens (tertiary/aromatic N) is 3. The molecule has 5 heterocycles. The SMILES string of the molecule is C=C(CC)c1csc2c3cc(-c4ccc5c(c4)c4ccccc4n5-c4ccccc4)oc3n3ccnc3c12. The number of thiophene rings is 1. The third-order valence-electron chi connectivity index (χ3n) is 7.61. The van der Waals surface area contributed by atoms with Crippen LogP contribution in [0, 0.1) is 0 Å². The van der Waals surface area contributed by atoms with E-state index in [1.165, 1.54) is 32.1 Å². The molecule has 5 heteroatoms. The Morgan fingerprint density at radius 2 is 1.74 bits per heavy atom. The molecule has 4 nitrogen and oxygen atoms in total. The van der Waals surface area contributed by atoms with Gasteiger partial charge in [-0.05, 0) is 65.4 Å². The molecule has 3 aromatic carbocycles. The Morgan fingerprint density at radius 3 is 2.61 bits per heavy atom. The second-order valence-corrected chi connectivity index (χ2v) is 10.6. The fourth-order valence-electron chi connectivity index (χ4n) is 5.73. The summed E-state index contributed by atoms with van der Waals surface area (Å²) < 4.78 is 12.2. The number of benzene rings is 3. The van der Waals surface area contributed by atoms with Gasteiger partial charge in [-0.25, -0.2) is 4.98 Å². The van der Waals surface area contributed by atoms with Gasteiger partial charge in [-0.1, -0.05) is 49.9 Å². The Kier molecular flexibility index (Phi) is 4.49. The summed E-state index contributed by atoms with van der Waals surface area (Å²) in [6, 6.07) is 28.0. The van der Waals surface area contributed by atoms with E-state index >= 15 is 0 Å². The first-order valence-corrected chi connectivity index (χ1v) is 13.7. The van der Waals surface area contributed by atoms with Crippen LogP contribution in [0.3, 0.4) is 0 Å². The van der Waals surface area contributed by atoms with Crippen LogP contribution in [0.25, 0.3) is 71.2 Å². The minimum absolute atomic E-state index is 0.822. The zero-order valence-electron chi connectivity index (χ0n) is 20.8. The molecule has 0 atom stereocenters. The lowest BCUT2D eigenvalue weighted by molar-refractivity contribution is 0.613. The molecule has 8 rings (SSSR count). The van der Waals surface area contributed by atoms with E-state index in [1.54, 1.807) is 11.3 Å². The molecule has 8 aromatic rings. The van der Waals surface area contributed by atoms with Crippen molar-refractivity contribution in [3.8, 4) is 17.0 Å². The van der Waals surface area contributed by atoms with Gasteiger partial charge in [0, 0.05) is 39.8 Å². The smallest absolute Gasteiger partial charge is 0.214 e. The second-order valence-electron chi connectivity index (χ2n) is 9.68. The number of rotatable bonds is 4. The van der Waals surface area contributed by atoms with Crippen molar-refractivity contribution in [1.82, 2.24) is 14.0 Å².